The van der Waals surface area contributed by atoms with Gasteiger partial charge >= 0.3 is 0 Å². The van der Waals surface area contributed by atoms with Crippen molar-refractivity contribution >= 4 is 17.4 Å². The highest BCUT2D eigenvalue weighted by atomic mass is 35.5. The zero-order chi connectivity index (χ0) is 14.5. The molecule has 0 N–H and O–H groups in total. The van der Waals surface area contributed by atoms with Gasteiger partial charge in [0.2, 0.25) is 0 Å². The first kappa shape index (κ1) is 14.6. The SMILES string of the molecule is COc1ccccc1CCN(C)c1cc(Cl)nc(C)n1. The summed E-state index contributed by atoms with van der Waals surface area (Å²) in [5, 5.41) is 0.469. The van der Waals surface area contributed by atoms with Gasteiger partial charge in [0, 0.05) is 19.7 Å². The molecule has 106 valence electrons. The summed E-state index contributed by atoms with van der Waals surface area (Å²) in [5.74, 6) is 2.42. The predicted octanol–water partition coefficient (Wildman–Crippen LogP) is 3.13. The first-order chi connectivity index (χ1) is 9.60. The number of hydrogen-bond acceptors (Lipinski definition) is 4. The predicted molar refractivity (Wildman–Crippen MR) is 81.7 cm³/mol. The second kappa shape index (κ2) is 6.57. The number of ether oxygens (including phenoxy) is 1. The van der Waals surface area contributed by atoms with Gasteiger partial charge in [-0.25, -0.2) is 9.97 Å². The number of methoxy groups -OCH3 is 1. The maximum Gasteiger partial charge on any atom is 0.134 e. The van der Waals surface area contributed by atoms with Gasteiger partial charge in [-0.05, 0) is 25.0 Å². The monoisotopic (exact) mass is 291 g/mol. The number of aryl methyl sites for hydroxylation is 1. The quantitative estimate of drug-likeness (QED) is 0.793. The highest BCUT2D eigenvalue weighted by Crippen LogP contribution is 2.19. The molecule has 0 radical (unpaired) electrons. The second-order valence-corrected chi connectivity index (χ2v) is 4.97. The summed E-state index contributed by atoms with van der Waals surface area (Å²) in [6.07, 6.45) is 0.876. The molecule has 1 heterocycles. The van der Waals surface area contributed by atoms with Gasteiger partial charge in [-0.3, -0.25) is 0 Å². The van der Waals surface area contributed by atoms with E-state index in [2.05, 4.69) is 20.9 Å². The number of benzene rings is 1. The van der Waals surface area contributed by atoms with Crippen molar-refractivity contribution in [2.75, 3.05) is 25.6 Å². The van der Waals surface area contributed by atoms with E-state index < -0.39 is 0 Å². The van der Waals surface area contributed by atoms with Crippen LogP contribution in [0.4, 0.5) is 5.82 Å². The number of para-hydroxylation sites is 1. The van der Waals surface area contributed by atoms with Crippen LogP contribution in [0.2, 0.25) is 5.15 Å². The topological polar surface area (TPSA) is 38.2 Å². The molecule has 0 spiro atoms. The number of rotatable bonds is 5. The van der Waals surface area contributed by atoms with Crippen LogP contribution in [0.3, 0.4) is 0 Å². The van der Waals surface area contributed by atoms with Crippen LogP contribution >= 0.6 is 11.6 Å². The lowest BCUT2D eigenvalue weighted by atomic mass is 10.1. The first-order valence-corrected chi connectivity index (χ1v) is 6.82. The Morgan fingerprint density at radius 3 is 2.70 bits per heavy atom. The molecule has 0 aliphatic heterocycles. The van der Waals surface area contributed by atoms with Crippen molar-refractivity contribution in [1.29, 1.82) is 0 Å². The van der Waals surface area contributed by atoms with Crippen LogP contribution in [0.25, 0.3) is 0 Å². The lowest BCUT2D eigenvalue weighted by molar-refractivity contribution is 0.409. The average molecular weight is 292 g/mol. The molecule has 0 aliphatic rings. The van der Waals surface area contributed by atoms with Crippen LogP contribution in [-0.2, 0) is 6.42 Å². The van der Waals surface area contributed by atoms with Crippen LogP contribution in [0, 0.1) is 6.92 Å². The van der Waals surface area contributed by atoms with Crippen molar-refractivity contribution in [3.63, 3.8) is 0 Å². The minimum atomic E-state index is 0.469. The van der Waals surface area contributed by atoms with Gasteiger partial charge in [0.25, 0.3) is 0 Å². The molecular weight excluding hydrogens is 274 g/mol. The lowest BCUT2D eigenvalue weighted by Crippen LogP contribution is -2.22. The molecule has 5 heteroatoms. The molecule has 0 saturated carbocycles. The molecule has 0 amide bonds. The second-order valence-electron chi connectivity index (χ2n) is 4.58. The maximum absolute atomic E-state index is 5.96. The van der Waals surface area contributed by atoms with Gasteiger partial charge in [0.1, 0.15) is 22.5 Å². The summed E-state index contributed by atoms with van der Waals surface area (Å²) in [6, 6.07) is 9.81. The van der Waals surface area contributed by atoms with Crippen molar-refractivity contribution in [1.82, 2.24) is 9.97 Å². The van der Waals surface area contributed by atoms with E-state index in [0.29, 0.717) is 11.0 Å². The highest BCUT2D eigenvalue weighted by Gasteiger charge is 2.08. The Balaban J connectivity index is 2.06. The number of anilines is 1. The minimum absolute atomic E-state index is 0.469. The molecule has 2 aromatic rings. The van der Waals surface area contributed by atoms with Crippen molar-refractivity contribution in [3.8, 4) is 5.75 Å². The van der Waals surface area contributed by atoms with Crippen LogP contribution in [0.15, 0.2) is 30.3 Å². The van der Waals surface area contributed by atoms with Crippen molar-refractivity contribution < 1.29 is 4.74 Å². The number of aromatic nitrogens is 2. The first-order valence-electron chi connectivity index (χ1n) is 6.44. The number of nitrogens with zero attached hydrogens (tertiary/aromatic N) is 3. The molecule has 0 bridgehead atoms. The van der Waals surface area contributed by atoms with Crippen molar-refractivity contribution in [2.24, 2.45) is 0 Å². The molecule has 1 aromatic carbocycles. The van der Waals surface area contributed by atoms with Crippen LogP contribution in [0.1, 0.15) is 11.4 Å². The zero-order valence-electron chi connectivity index (χ0n) is 11.9. The molecule has 2 rings (SSSR count). The molecule has 4 nitrogen and oxygen atoms in total. The van der Waals surface area contributed by atoms with Gasteiger partial charge in [-0.1, -0.05) is 29.8 Å². The van der Waals surface area contributed by atoms with Gasteiger partial charge in [-0.15, -0.1) is 0 Å². The van der Waals surface area contributed by atoms with E-state index in [-0.39, 0.29) is 0 Å². The molecular formula is C15H18ClN3O. The third-order valence-corrected chi connectivity index (χ3v) is 3.29. The Morgan fingerprint density at radius 2 is 2.00 bits per heavy atom. The van der Waals surface area contributed by atoms with E-state index in [0.717, 1.165) is 24.5 Å². The Morgan fingerprint density at radius 1 is 1.25 bits per heavy atom. The van der Waals surface area contributed by atoms with Gasteiger partial charge in [0.05, 0.1) is 7.11 Å². The molecule has 0 unspecified atom stereocenters. The van der Waals surface area contributed by atoms with Gasteiger partial charge < -0.3 is 9.64 Å². The molecule has 1 aromatic heterocycles. The van der Waals surface area contributed by atoms with Crippen LogP contribution in [0.5, 0.6) is 5.75 Å². The minimum Gasteiger partial charge on any atom is -0.496 e. The van der Waals surface area contributed by atoms with Crippen molar-refractivity contribution in [2.45, 2.75) is 13.3 Å². The largest absolute Gasteiger partial charge is 0.496 e. The number of halogens is 1. The fourth-order valence-electron chi connectivity index (χ4n) is 2.02. The summed E-state index contributed by atoms with van der Waals surface area (Å²) in [7, 11) is 3.68. The third-order valence-electron chi connectivity index (χ3n) is 3.09. The standard InChI is InChI=1S/C15H18ClN3O/c1-11-17-14(16)10-15(18-11)19(2)9-8-12-6-4-5-7-13(12)20-3/h4-7,10H,8-9H2,1-3H3. The molecule has 0 saturated heterocycles. The van der Waals surface area contributed by atoms with E-state index >= 15 is 0 Å². The summed E-state index contributed by atoms with van der Waals surface area (Å²) in [4.78, 5) is 10.5. The Bertz CT molecular complexity index is 569. The van der Waals surface area contributed by atoms with E-state index in [1.807, 2.05) is 32.2 Å². The molecule has 0 fully saturated rings. The Labute approximate surface area is 124 Å². The fraction of sp³-hybridized carbons (Fsp3) is 0.333. The van der Waals surface area contributed by atoms with Gasteiger partial charge in [0.15, 0.2) is 0 Å². The van der Waals surface area contributed by atoms with E-state index in [1.165, 1.54) is 5.56 Å². The van der Waals surface area contributed by atoms with Gasteiger partial charge in [-0.2, -0.15) is 0 Å². The van der Waals surface area contributed by atoms with E-state index in [4.69, 9.17) is 16.3 Å². The summed E-state index contributed by atoms with van der Waals surface area (Å²) >= 11 is 5.96. The molecule has 0 atom stereocenters. The fourth-order valence-corrected chi connectivity index (χ4v) is 2.24. The Hall–Kier alpha value is -1.81. The Kier molecular flexibility index (Phi) is 4.79. The van der Waals surface area contributed by atoms with E-state index in [9.17, 15) is 0 Å². The zero-order valence-corrected chi connectivity index (χ0v) is 12.7. The third kappa shape index (κ3) is 3.61. The van der Waals surface area contributed by atoms with Crippen LogP contribution < -0.4 is 9.64 Å². The number of hydrogen-bond donors (Lipinski definition) is 0. The average Bonchev–Trinajstić information content (AvgIpc) is 2.44. The maximum atomic E-state index is 5.96. The number of likely N-dealkylation sites (N-methyl/N-ethyl adjacent to an activating group) is 1. The van der Waals surface area contributed by atoms with Crippen LogP contribution in [-0.4, -0.2) is 30.7 Å². The normalized spacial score (nSPS) is 10.4. The molecule has 0 aliphatic carbocycles. The molecule has 20 heavy (non-hydrogen) atoms. The van der Waals surface area contributed by atoms with E-state index in [1.54, 1.807) is 13.2 Å². The summed E-state index contributed by atoms with van der Waals surface area (Å²) in [6.45, 7) is 2.66. The summed E-state index contributed by atoms with van der Waals surface area (Å²) in [5.41, 5.74) is 1.18. The van der Waals surface area contributed by atoms with Crippen molar-refractivity contribution in [3.05, 3.63) is 46.9 Å². The smallest absolute Gasteiger partial charge is 0.134 e. The summed E-state index contributed by atoms with van der Waals surface area (Å²) < 4.78 is 5.36. The highest BCUT2D eigenvalue weighted by molar-refractivity contribution is 6.29. The lowest BCUT2D eigenvalue weighted by Gasteiger charge is -2.19.